The minimum atomic E-state index is -0.487. The van der Waals surface area contributed by atoms with Crippen LogP contribution in [0.2, 0.25) is 0 Å². The Morgan fingerprint density at radius 2 is 2.11 bits per heavy atom. The van der Waals surface area contributed by atoms with E-state index in [-0.39, 0.29) is 35.9 Å². The van der Waals surface area contributed by atoms with E-state index < -0.39 is 11.5 Å². The largest absolute Gasteiger partial charge is 0.459 e. The Labute approximate surface area is 162 Å². The maximum atomic E-state index is 12.1. The summed E-state index contributed by atoms with van der Waals surface area (Å²) in [5.74, 6) is 0.166. The van der Waals surface area contributed by atoms with Crippen molar-refractivity contribution < 1.29 is 24.5 Å². The van der Waals surface area contributed by atoms with E-state index in [9.17, 15) is 15.0 Å². The van der Waals surface area contributed by atoms with Crippen molar-refractivity contribution in [2.45, 2.75) is 65.1 Å². The van der Waals surface area contributed by atoms with Crippen LogP contribution in [0.1, 0.15) is 52.9 Å². The molecule has 3 rings (SSSR count). The summed E-state index contributed by atoms with van der Waals surface area (Å²) in [6.45, 7) is 11.4. The van der Waals surface area contributed by atoms with Gasteiger partial charge in [-0.1, -0.05) is 32.1 Å². The van der Waals surface area contributed by atoms with E-state index in [2.05, 4.69) is 13.5 Å². The summed E-state index contributed by atoms with van der Waals surface area (Å²) in [4.78, 5) is 12.1. The van der Waals surface area contributed by atoms with Crippen LogP contribution in [-0.4, -0.2) is 48.2 Å². The number of aliphatic hydroxyl groups is 2. The standard InChI is InChI=1S/C22H34O5/c1-5-26-17-12-27-20(25)15(17)7-8-16-14(2)6-9-18-21(16,3)11-10-19(24)22(18,4)13-23/h7,16-19,23-24H,2,5-6,8-13H2,1,3-4H3/b15-7+/t16-,17?,18?,19?,21+,22-/m0/s1. The Morgan fingerprint density at radius 1 is 1.37 bits per heavy atom. The van der Waals surface area contributed by atoms with Crippen LogP contribution < -0.4 is 0 Å². The Hall–Kier alpha value is -1.17. The molecule has 3 aliphatic rings. The van der Waals surface area contributed by atoms with Crippen LogP contribution >= 0.6 is 0 Å². The number of carbonyl (C=O) groups excluding carboxylic acids is 1. The molecule has 2 aliphatic carbocycles. The van der Waals surface area contributed by atoms with E-state index in [4.69, 9.17) is 9.47 Å². The first-order valence-electron chi connectivity index (χ1n) is 10.2. The van der Waals surface area contributed by atoms with Crippen LogP contribution in [0.5, 0.6) is 0 Å². The molecule has 0 aromatic heterocycles. The zero-order valence-corrected chi connectivity index (χ0v) is 16.9. The monoisotopic (exact) mass is 378 g/mol. The van der Waals surface area contributed by atoms with Crippen LogP contribution in [0.25, 0.3) is 0 Å². The Kier molecular flexibility index (Phi) is 5.85. The highest BCUT2D eigenvalue weighted by Crippen LogP contribution is 2.61. The molecule has 3 unspecified atom stereocenters. The van der Waals surface area contributed by atoms with E-state index in [1.165, 1.54) is 5.57 Å². The topological polar surface area (TPSA) is 76.0 Å². The molecule has 1 heterocycles. The van der Waals surface area contributed by atoms with Gasteiger partial charge in [0.15, 0.2) is 0 Å². The van der Waals surface area contributed by atoms with E-state index in [0.717, 1.165) is 25.7 Å². The smallest absolute Gasteiger partial charge is 0.336 e. The lowest BCUT2D eigenvalue weighted by Gasteiger charge is -2.59. The highest BCUT2D eigenvalue weighted by molar-refractivity contribution is 5.91. The molecule has 1 aliphatic heterocycles. The van der Waals surface area contributed by atoms with Crippen molar-refractivity contribution in [2.75, 3.05) is 19.8 Å². The third kappa shape index (κ3) is 3.39. The number of cyclic esters (lactones) is 1. The lowest BCUT2D eigenvalue weighted by molar-refractivity contribution is -0.151. The lowest BCUT2D eigenvalue weighted by Crippen LogP contribution is -2.57. The van der Waals surface area contributed by atoms with Gasteiger partial charge >= 0.3 is 5.97 Å². The predicted octanol–water partition coefficient (Wildman–Crippen LogP) is 3.01. The molecule has 27 heavy (non-hydrogen) atoms. The third-order valence-corrected chi connectivity index (χ3v) is 7.58. The van der Waals surface area contributed by atoms with Crippen molar-refractivity contribution in [3.05, 3.63) is 23.8 Å². The number of rotatable bonds is 5. The number of esters is 1. The maximum Gasteiger partial charge on any atom is 0.336 e. The average molecular weight is 379 g/mol. The van der Waals surface area contributed by atoms with E-state index in [1.54, 1.807) is 0 Å². The van der Waals surface area contributed by atoms with E-state index in [0.29, 0.717) is 25.2 Å². The second kappa shape index (κ2) is 7.69. The van der Waals surface area contributed by atoms with Crippen LogP contribution in [0.4, 0.5) is 0 Å². The highest BCUT2D eigenvalue weighted by atomic mass is 16.6. The van der Waals surface area contributed by atoms with Crippen molar-refractivity contribution in [2.24, 2.45) is 22.7 Å². The molecule has 2 saturated carbocycles. The van der Waals surface area contributed by atoms with Crippen molar-refractivity contribution >= 4 is 5.97 Å². The highest BCUT2D eigenvalue weighted by Gasteiger charge is 2.57. The van der Waals surface area contributed by atoms with Crippen LogP contribution in [0.3, 0.4) is 0 Å². The molecule has 0 spiro atoms. The first-order chi connectivity index (χ1) is 12.8. The van der Waals surface area contributed by atoms with Gasteiger partial charge in [0.25, 0.3) is 0 Å². The van der Waals surface area contributed by atoms with Crippen LogP contribution in [0, 0.1) is 22.7 Å². The molecular weight excluding hydrogens is 344 g/mol. The molecule has 0 bridgehead atoms. The summed E-state index contributed by atoms with van der Waals surface area (Å²) in [6, 6.07) is 0. The molecule has 0 aromatic rings. The minimum absolute atomic E-state index is 0.00650. The van der Waals surface area contributed by atoms with Crippen LogP contribution in [0.15, 0.2) is 23.8 Å². The molecule has 152 valence electrons. The average Bonchev–Trinajstić information content (AvgIpc) is 2.98. The molecule has 0 amide bonds. The normalized spacial score (nSPS) is 43.7. The van der Waals surface area contributed by atoms with Gasteiger partial charge in [0.05, 0.1) is 18.3 Å². The second-order valence-corrected chi connectivity index (χ2v) is 8.96. The third-order valence-electron chi connectivity index (χ3n) is 7.58. The van der Waals surface area contributed by atoms with Crippen LogP contribution in [-0.2, 0) is 14.3 Å². The number of hydrogen-bond donors (Lipinski definition) is 2. The lowest BCUT2D eigenvalue weighted by atomic mass is 9.46. The van der Waals surface area contributed by atoms with Gasteiger partial charge in [-0.25, -0.2) is 4.79 Å². The summed E-state index contributed by atoms with van der Waals surface area (Å²) >= 11 is 0. The fourth-order valence-corrected chi connectivity index (χ4v) is 5.89. The predicted molar refractivity (Wildman–Crippen MR) is 103 cm³/mol. The van der Waals surface area contributed by atoms with Crippen molar-refractivity contribution in [3.63, 3.8) is 0 Å². The molecule has 0 radical (unpaired) electrons. The zero-order valence-electron chi connectivity index (χ0n) is 16.9. The molecule has 1 saturated heterocycles. The number of carbonyl (C=O) groups is 1. The Morgan fingerprint density at radius 3 is 2.78 bits per heavy atom. The second-order valence-electron chi connectivity index (χ2n) is 8.96. The fraction of sp³-hybridized carbons (Fsp3) is 0.773. The number of allylic oxidation sites excluding steroid dienone is 2. The SMILES string of the molecule is C=C1CCC2[C@](C)(CO)C(O)CC[C@]2(C)[C@H]1C/C=C1/C(=O)OCC1OCC. The number of aliphatic hydroxyl groups excluding tert-OH is 2. The summed E-state index contributed by atoms with van der Waals surface area (Å²) in [5.41, 5.74) is 1.30. The quantitative estimate of drug-likeness (QED) is 0.437. The van der Waals surface area contributed by atoms with Gasteiger partial charge in [-0.3, -0.25) is 0 Å². The van der Waals surface area contributed by atoms with Gasteiger partial charge in [-0.15, -0.1) is 0 Å². The molecular formula is C22H34O5. The van der Waals surface area contributed by atoms with E-state index >= 15 is 0 Å². The minimum Gasteiger partial charge on any atom is -0.459 e. The van der Waals surface area contributed by atoms with Crippen molar-refractivity contribution in [1.29, 1.82) is 0 Å². The summed E-state index contributed by atoms with van der Waals surface area (Å²) < 4.78 is 10.8. The maximum absolute atomic E-state index is 12.1. The molecule has 3 fully saturated rings. The van der Waals surface area contributed by atoms with Gasteiger partial charge < -0.3 is 19.7 Å². The number of hydrogen-bond acceptors (Lipinski definition) is 5. The van der Waals surface area contributed by atoms with Gasteiger partial charge in [0.2, 0.25) is 0 Å². The van der Waals surface area contributed by atoms with Gasteiger partial charge in [0, 0.05) is 12.0 Å². The molecule has 5 heteroatoms. The van der Waals surface area contributed by atoms with Gasteiger partial charge in [-0.05, 0) is 56.3 Å². The fourth-order valence-electron chi connectivity index (χ4n) is 5.89. The summed E-state index contributed by atoms with van der Waals surface area (Å²) in [6.07, 6.45) is 5.39. The number of fused-ring (bicyclic) bond motifs is 1. The number of ether oxygens (including phenoxy) is 2. The van der Waals surface area contributed by atoms with Crippen molar-refractivity contribution in [3.8, 4) is 0 Å². The summed E-state index contributed by atoms with van der Waals surface area (Å²) in [7, 11) is 0. The first-order valence-corrected chi connectivity index (χ1v) is 10.2. The first kappa shape index (κ1) is 20.6. The molecule has 5 nitrogen and oxygen atoms in total. The molecule has 6 atom stereocenters. The summed E-state index contributed by atoms with van der Waals surface area (Å²) in [5, 5.41) is 20.7. The zero-order chi connectivity index (χ0) is 19.8. The van der Waals surface area contributed by atoms with Gasteiger partial charge in [-0.2, -0.15) is 0 Å². The Bertz CT molecular complexity index is 626. The van der Waals surface area contributed by atoms with Gasteiger partial charge in [0.1, 0.15) is 12.7 Å². The van der Waals surface area contributed by atoms with E-state index in [1.807, 2.05) is 19.9 Å². The molecule has 2 N–H and O–H groups in total. The molecule has 0 aromatic carbocycles. The van der Waals surface area contributed by atoms with Crippen molar-refractivity contribution in [1.82, 2.24) is 0 Å². The Balaban J connectivity index is 1.87.